The summed E-state index contributed by atoms with van der Waals surface area (Å²) in [7, 11) is 1.99. The topological polar surface area (TPSA) is 104 Å². The van der Waals surface area contributed by atoms with Gasteiger partial charge in [0.25, 0.3) is 11.8 Å². The van der Waals surface area contributed by atoms with E-state index < -0.39 is 17.6 Å². The number of rotatable bonds is 4. The Bertz CT molecular complexity index is 1940. The first-order valence-corrected chi connectivity index (χ1v) is 16.9. The van der Waals surface area contributed by atoms with Crippen molar-refractivity contribution >= 4 is 23.1 Å². The molecule has 4 aromatic rings. The molecule has 0 atom stereocenters. The minimum Gasteiger partial charge on any atom is -0.494 e. The molecule has 2 N–H and O–H groups in total. The number of benzene rings is 2. The van der Waals surface area contributed by atoms with E-state index in [0.717, 1.165) is 51.3 Å². The zero-order chi connectivity index (χ0) is 35.3. The van der Waals surface area contributed by atoms with Crippen LogP contribution in [0.2, 0.25) is 0 Å². The van der Waals surface area contributed by atoms with Gasteiger partial charge in [0, 0.05) is 56.1 Å². The van der Waals surface area contributed by atoms with E-state index in [4.69, 9.17) is 4.74 Å². The molecule has 0 saturated carbocycles. The standard InChI is InChI=1S/C37H40F3N7O3/c1-25-26-9-11-29-23-42-34-13-12-33(44-47(29)34)36(49)41-14-6-4-3-5-7-19-50-30(20-26)22-31(25)35(48)43-28-10-8-27(32(21-28)37(38,39)40)24-46-17-15-45(2)16-18-46/h8,10,12-13,20-23H,3-7,14-19,24H2,1-2H3,(H,41,49)(H,43,48). The summed E-state index contributed by atoms with van der Waals surface area (Å²) in [6.45, 7) is 5.80. The average molecular weight is 688 g/mol. The number of nitrogens with zero attached hydrogens (tertiary/aromatic N) is 5. The number of fused-ring (bicyclic) bond motifs is 3. The Morgan fingerprint density at radius 2 is 1.78 bits per heavy atom. The van der Waals surface area contributed by atoms with Crippen LogP contribution in [-0.2, 0) is 12.7 Å². The molecule has 1 saturated heterocycles. The molecule has 0 aliphatic carbocycles. The lowest BCUT2D eigenvalue weighted by Gasteiger charge is -2.33. The molecular formula is C37H40F3N7O3. The van der Waals surface area contributed by atoms with Crippen LogP contribution in [0, 0.1) is 18.8 Å². The zero-order valence-corrected chi connectivity index (χ0v) is 28.2. The number of nitrogens with one attached hydrogen (secondary N) is 2. The molecular weight excluding hydrogens is 647 g/mol. The van der Waals surface area contributed by atoms with Crippen molar-refractivity contribution in [2.24, 2.45) is 0 Å². The van der Waals surface area contributed by atoms with Crippen molar-refractivity contribution in [1.82, 2.24) is 29.7 Å². The number of alkyl halides is 3. The van der Waals surface area contributed by atoms with Gasteiger partial charge in [-0.2, -0.15) is 18.3 Å². The molecule has 0 radical (unpaired) electrons. The number of piperazine rings is 1. The number of aromatic nitrogens is 3. The number of hydrogen-bond donors (Lipinski definition) is 2. The Kier molecular flexibility index (Phi) is 10.7. The average Bonchev–Trinajstić information content (AvgIpc) is 3.50. The van der Waals surface area contributed by atoms with E-state index in [-0.39, 0.29) is 35.0 Å². The first-order chi connectivity index (χ1) is 24.0. The van der Waals surface area contributed by atoms with E-state index in [2.05, 4.69) is 37.5 Å². The quantitative estimate of drug-likeness (QED) is 0.272. The van der Waals surface area contributed by atoms with Gasteiger partial charge in [0.15, 0.2) is 5.65 Å². The largest absolute Gasteiger partial charge is 0.494 e. The van der Waals surface area contributed by atoms with Crippen LogP contribution in [-0.4, -0.2) is 82.6 Å². The molecule has 0 spiro atoms. The minimum atomic E-state index is -4.59. The Morgan fingerprint density at radius 3 is 2.58 bits per heavy atom. The van der Waals surface area contributed by atoms with Crippen LogP contribution in [0.1, 0.15) is 80.9 Å². The number of imidazole rings is 1. The van der Waals surface area contributed by atoms with E-state index in [0.29, 0.717) is 54.5 Å². The second-order valence-electron chi connectivity index (χ2n) is 12.8. The normalized spacial score (nSPS) is 16.8. The zero-order valence-electron chi connectivity index (χ0n) is 28.2. The van der Waals surface area contributed by atoms with Crippen molar-refractivity contribution in [2.45, 2.75) is 51.7 Å². The van der Waals surface area contributed by atoms with Crippen molar-refractivity contribution < 1.29 is 27.5 Å². The lowest BCUT2D eigenvalue weighted by Crippen LogP contribution is -2.44. The second-order valence-corrected chi connectivity index (χ2v) is 12.8. The fourth-order valence-corrected chi connectivity index (χ4v) is 6.09. The van der Waals surface area contributed by atoms with Gasteiger partial charge in [-0.25, -0.2) is 9.50 Å². The summed E-state index contributed by atoms with van der Waals surface area (Å²) in [5.74, 6) is 5.72. The van der Waals surface area contributed by atoms with Gasteiger partial charge in [-0.15, -0.1) is 0 Å². The van der Waals surface area contributed by atoms with Gasteiger partial charge in [-0.05, 0) is 80.3 Å². The molecule has 6 rings (SSSR count). The Balaban J connectivity index is 1.31. The van der Waals surface area contributed by atoms with Gasteiger partial charge in [0.05, 0.1) is 18.4 Å². The first kappa shape index (κ1) is 34.9. The van der Waals surface area contributed by atoms with Crippen LogP contribution >= 0.6 is 0 Å². The number of halogens is 3. The summed E-state index contributed by atoms with van der Waals surface area (Å²) in [5, 5.41) is 10.1. The van der Waals surface area contributed by atoms with Crippen LogP contribution < -0.4 is 15.4 Å². The Morgan fingerprint density at radius 1 is 1.00 bits per heavy atom. The van der Waals surface area contributed by atoms with Gasteiger partial charge in [-0.3, -0.25) is 14.5 Å². The van der Waals surface area contributed by atoms with Crippen molar-refractivity contribution in [3.8, 4) is 17.6 Å². The predicted molar refractivity (Wildman–Crippen MR) is 183 cm³/mol. The van der Waals surface area contributed by atoms with Gasteiger partial charge in [0.2, 0.25) is 0 Å². The fraction of sp³-hybridized carbons (Fsp3) is 0.405. The third-order valence-corrected chi connectivity index (χ3v) is 9.08. The third-order valence-electron chi connectivity index (χ3n) is 9.08. The monoisotopic (exact) mass is 687 g/mol. The molecule has 10 nitrogen and oxygen atoms in total. The van der Waals surface area contributed by atoms with Crippen LogP contribution in [0.3, 0.4) is 0 Å². The number of hydrogen-bond acceptors (Lipinski definition) is 7. The number of carbonyl (C=O) groups is 2. The minimum absolute atomic E-state index is 0.0387. The SMILES string of the molecule is Cc1c2cc(cc1C(=O)Nc1ccc(CN3CCN(C)CC3)c(C(F)(F)F)c1)OCCCCCCCNC(=O)c1ccc3ncc(n3n1)C#C2. The Labute approximate surface area is 289 Å². The highest BCUT2D eigenvalue weighted by Gasteiger charge is 2.34. The highest BCUT2D eigenvalue weighted by atomic mass is 19.4. The summed E-state index contributed by atoms with van der Waals surface area (Å²) in [5.41, 5.74) is 1.86. The van der Waals surface area contributed by atoms with Gasteiger partial charge in [-0.1, -0.05) is 31.2 Å². The number of ether oxygens (including phenoxy) is 1. The molecule has 4 bridgehead atoms. The molecule has 2 aromatic heterocycles. The summed E-state index contributed by atoms with van der Waals surface area (Å²) in [6.07, 6.45) is 1.41. The first-order valence-electron chi connectivity index (χ1n) is 16.9. The molecule has 4 heterocycles. The second kappa shape index (κ2) is 15.3. The predicted octanol–water partition coefficient (Wildman–Crippen LogP) is 5.53. The summed E-state index contributed by atoms with van der Waals surface area (Å²) in [4.78, 5) is 35.0. The van der Waals surface area contributed by atoms with Crippen LogP contribution in [0.5, 0.6) is 5.75 Å². The van der Waals surface area contributed by atoms with Crippen molar-refractivity contribution in [1.29, 1.82) is 0 Å². The van der Waals surface area contributed by atoms with E-state index in [1.807, 2.05) is 11.9 Å². The summed E-state index contributed by atoms with van der Waals surface area (Å²) >= 11 is 0. The maximum Gasteiger partial charge on any atom is 0.416 e. The Hall–Kier alpha value is -4.93. The highest BCUT2D eigenvalue weighted by Crippen LogP contribution is 2.35. The van der Waals surface area contributed by atoms with E-state index in [1.165, 1.54) is 16.6 Å². The molecule has 2 amide bonds. The molecule has 2 aliphatic rings. The van der Waals surface area contributed by atoms with Gasteiger partial charge in [0.1, 0.15) is 17.1 Å². The lowest BCUT2D eigenvalue weighted by atomic mass is 10.0. The molecule has 2 aromatic carbocycles. The molecule has 2 aliphatic heterocycles. The lowest BCUT2D eigenvalue weighted by molar-refractivity contribution is -0.138. The maximum absolute atomic E-state index is 14.3. The molecule has 13 heteroatoms. The smallest absolute Gasteiger partial charge is 0.416 e. The van der Waals surface area contributed by atoms with E-state index in [1.54, 1.807) is 37.4 Å². The number of amides is 2. The van der Waals surface area contributed by atoms with Crippen LogP contribution in [0.25, 0.3) is 5.65 Å². The van der Waals surface area contributed by atoms with Crippen LogP contribution in [0.4, 0.5) is 18.9 Å². The van der Waals surface area contributed by atoms with Crippen molar-refractivity contribution in [2.75, 3.05) is 51.7 Å². The van der Waals surface area contributed by atoms with Crippen molar-refractivity contribution in [3.05, 3.63) is 87.9 Å². The summed E-state index contributed by atoms with van der Waals surface area (Å²) < 4.78 is 50.3. The number of carbonyl (C=O) groups excluding carboxylic acids is 2. The van der Waals surface area contributed by atoms with Crippen LogP contribution in [0.15, 0.2) is 48.7 Å². The van der Waals surface area contributed by atoms with E-state index in [9.17, 15) is 22.8 Å². The number of likely N-dealkylation sites (N-methyl/N-ethyl adjacent to an activating group) is 1. The molecule has 50 heavy (non-hydrogen) atoms. The molecule has 1 fully saturated rings. The summed E-state index contributed by atoms with van der Waals surface area (Å²) in [6, 6.07) is 10.6. The maximum atomic E-state index is 14.3. The van der Waals surface area contributed by atoms with Crippen molar-refractivity contribution in [3.63, 3.8) is 0 Å². The molecule has 262 valence electrons. The third kappa shape index (κ3) is 8.43. The number of anilines is 1. The molecule has 0 unspecified atom stereocenters. The fourth-order valence-electron chi connectivity index (χ4n) is 6.09. The highest BCUT2D eigenvalue weighted by molar-refractivity contribution is 6.06. The van der Waals surface area contributed by atoms with E-state index >= 15 is 0 Å². The van der Waals surface area contributed by atoms with Gasteiger partial charge >= 0.3 is 6.18 Å². The van der Waals surface area contributed by atoms with Gasteiger partial charge < -0.3 is 20.3 Å².